The Labute approximate surface area is 132 Å². The Bertz CT molecular complexity index is 743. The van der Waals surface area contributed by atoms with E-state index in [1.165, 1.54) is 10.9 Å². The van der Waals surface area contributed by atoms with Crippen LogP contribution in [0.1, 0.15) is 31.0 Å². The van der Waals surface area contributed by atoms with Crippen molar-refractivity contribution in [2.75, 3.05) is 6.61 Å². The molecule has 0 aliphatic carbocycles. The van der Waals surface area contributed by atoms with E-state index in [-0.39, 0.29) is 17.6 Å². The fourth-order valence-electron chi connectivity index (χ4n) is 2.54. The molecule has 1 aromatic heterocycles. The Morgan fingerprint density at radius 2 is 2.30 bits per heavy atom. The first-order valence-electron chi connectivity index (χ1n) is 7.27. The minimum Gasteiger partial charge on any atom is -0.493 e. The average Bonchev–Trinajstić information content (AvgIpc) is 3.04. The molecule has 2 heterocycles. The number of benzene rings is 1. The van der Waals surface area contributed by atoms with E-state index in [1.54, 1.807) is 6.92 Å². The number of para-hydroxylation sites is 1. The van der Waals surface area contributed by atoms with Crippen LogP contribution in [0.4, 0.5) is 5.69 Å². The van der Waals surface area contributed by atoms with E-state index in [4.69, 9.17) is 4.74 Å². The Balaban J connectivity index is 1.73. The second kappa shape index (κ2) is 6.07. The van der Waals surface area contributed by atoms with E-state index in [9.17, 15) is 14.9 Å². The number of nitro groups is 1. The molecule has 0 saturated carbocycles. The Morgan fingerprint density at radius 3 is 3.04 bits per heavy atom. The fourth-order valence-corrected chi connectivity index (χ4v) is 2.54. The van der Waals surface area contributed by atoms with Crippen molar-refractivity contribution in [3.8, 4) is 5.75 Å². The molecule has 0 bridgehead atoms. The number of hydrogen-bond acceptors (Lipinski definition) is 5. The first-order chi connectivity index (χ1) is 11.1. The third kappa shape index (κ3) is 3.01. The van der Waals surface area contributed by atoms with Crippen molar-refractivity contribution >= 4 is 11.6 Å². The lowest BCUT2D eigenvalue weighted by Gasteiger charge is -2.27. The average molecular weight is 316 g/mol. The molecule has 1 N–H and O–H groups in total. The number of carbonyl (C=O) groups excluding carboxylic acids is 1. The highest BCUT2D eigenvalue weighted by molar-refractivity contribution is 5.80. The molecule has 23 heavy (non-hydrogen) atoms. The van der Waals surface area contributed by atoms with Crippen LogP contribution in [0.2, 0.25) is 0 Å². The highest BCUT2D eigenvalue weighted by atomic mass is 16.6. The molecule has 0 spiro atoms. The summed E-state index contributed by atoms with van der Waals surface area (Å²) in [4.78, 5) is 22.6. The van der Waals surface area contributed by atoms with E-state index in [2.05, 4.69) is 10.4 Å². The number of aromatic nitrogens is 2. The molecule has 8 heteroatoms. The first kappa shape index (κ1) is 15.0. The Hall–Kier alpha value is -2.90. The van der Waals surface area contributed by atoms with Gasteiger partial charge in [0.1, 0.15) is 24.2 Å². The highest BCUT2D eigenvalue weighted by Gasteiger charge is 2.26. The standard InChI is InChI=1S/C15H16N4O4/c1-10(18-9-11(8-16-18)19(21)22)15(20)17-13-6-7-23-14-5-3-2-4-12(13)14/h2-5,8-10,13H,6-7H2,1H3,(H,17,20). The van der Waals surface area contributed by atoms with Gasteiger partial charge in [0.2, 0.25) is 5.91 Å². The van der Waals surface area contributed by atoms with Gasteiger partial charge in [-0.25, -0.2) is 0 Å². The number of carbonyl (C=O) groups is 1. The Morgan fingerprint density at radius 1 is 1.52 bits per heavy atom. The zero-order valence-electron chi connectivity index (χ0n) is 12.5. The van der Waals surface area contributed by atoms with Crippen LogP contribution in [0.5, 0.6) is 5.75 Å². The van der Waals surface area contributed by atoms with E-state index in [1.807, 2.05) is 24.3 Å². The van der Waals surface area contributed by atoms with Crippen LogP contribution >= 0.6 is 0 Å². The third-order valence-corrected chi connectivity index (χ3v) is 3.85. The topological polar surface area (TPSA) is 99.3 Å². The van der Waals surface area contributed by atoms with Gasteiger partial charge < -0.3 is 10.1 Å². The molecule has 120 valence electrons. The summed E-state index contributed by atoms with van der Waals surface area (Å²) < 4.78 is 6.86. The van der Waals surface area contributed by atoms with Crippen LogP contribution in [0.25, 0.3) is 0 Å². The van der Waals surface area contributed by atoms with Crippen molar-refractivity contribution < 1.29 is 14.5 Å². The van der Waals surface area contributed by atoms with E-state index in [0.29, 0.717) is 13.0 Å². The summed E-state index contributed by atoms with van der Waals surface area (Å²) in [5.41, 5.74) is 0.798. The second-order valence-electron chi connectivity index (χ2n) is 5.35. The van der Waals surface area contributed by atoms with Gasteiger partial charge in [0, 0.05) is 12.0 Å². The molecule has 0 saturated heterocycles. The van der Waals surface area contributed by atoms with Crippen molar-refractivity contribution in [3.05, 3.63) is 52.3 Å². The van der Waals surface area contributed by atoms with Gasteiger partial charge in [-0.15, -0.1) is 0 Å². The summed E-state index contributed by atoms with van der Waals surface area (Å²) in [6.45, 7) is 2.18. The van der Waals surface area contributed by atoms with Crippen LogP contribution < -0.4 is 10.1 Å². The molecule has 0 fully saturated rings. The fraction of sp³-hybridized carbons (Fsp3) is 0.333. The summed E-state index contributed by atoms with van der Waals surface area (Å²) >= 11 is 0. The van der Waals surface area contributed by atoms with Gasteiger partial charge in [0.25, 0.3) is 0 Å². The molecule has 1 amide bonds. The number of fused-ring (bicyclic) bond motifs is 1. The van der Waals surface area contributed by atoms with Gasteiger partial charge in [-0.1, -0.05) is 18.2 Å². The summed E-state index contributed by atoms with van der Waals surface area (Å²) in [5.74, 6) is 0.524. The van der Waals surface area contributed by atoms with E-state index < -0.39 is 11.0 Å². The number of hydrogen-bond donors (Lipinski definition) is 1. The summed E-state index contributed by atoms with van der Waals surface area (Å²) in [5, 5.41) is 17.5. The second-order valence-corrected chi connectivity index (χ2v) is 5.35. The van der Waals surface area contributed by atoms with Gasteiger partial charge in [-0.05, 0) is 13.0 Å². The van der Waals surface area contributed by atoms with Crippen LogP contribution in [0.15, 0.2) is 36.7 Å². The van der Waals surface area contributed by atoms with Gasteiger partial charge >= 0.3 is 5.69 Å². The number of ether oxygens (including phenoxy) is 1. The predicted molar refractivity (Wildman–Crippen MR) is 81.0 cm³/mol. The molecule has 1 aliphatic heterocycles. The normalized spacial score (nSPS) is 17.7. The monoisotopic (exact) mass is 316 g/mol. The lowest BCUT2D eigenvalue weighted by Crippen LogP contribution is -2.36. The maximum Gasteiger partial charge on any atom is 0.307 e. The molecule has 8 nitrogen and oxygen atoms in total. The van der Waals surface area contributed by atoms with Crippen LogP contribution in [-0.4, -0.2) is 27.2 Å². The van der Waals surface area contributed by atoms with Crippen LogP contribution in [0.3, 0.4) is 0 Å². The maximum atomic E-state index is 12.4. The number of nitrogens with one attached hydrogen (secondary N) is 1. The molecule has 2 atom stereocenters. The highest BCUT2D eigenvalue weighted by Crippen LogP contribution is 2.31. The smallest absolute Gasteiger partial charge is 0.307 e. The summed E-state index contributed by atoms with van der Waals surface area (Å²) in [6, 6.07) is 6.79. The largest absolute Gasteiger partial charge is 0.493 e. The quantitative estimate of drug-likeness (QED) is 0.687. The minimum atomic E-state index is -0.640. The van der Waals surface area contributed by atoms with Crippen LogP contribution in [0, 0.1) is 10.1 Å². The SMILES string of the molecule is CC(C(=O)NC1CCOc2ccccc21)n1cc([N+](=O)[O-])cn1. The molecule has 1 aliphatic rings. The molecular weight excluding hydrogens is 300 g/mol. The molecule has 2 unspecified atom stereocenters. The minimum absolute atomic E-state index is 0.138. The zero-order valence-corrected chi connectivity index (χ0v) is 12.5. The number of rotatable bonds is 4. The number of nitrogens with zero attached hydrogens (tertiary/aromatic N) is 3. The van der Waals surface area contributed by atoms with Crippen molar-refractivity contribution in [1.29, 1.82) is 0 Å². The van der Waals surface area contributed by atoms with Crippen molar-refractivity contribution in [2.24, 2.45) is 0 Å². The molecule has 2 aromatic rings. The van der Waals surface area contributed by atoms with E-state index >= 15 is 0 Å². The van der Waals surface area contributed by atoms with Gasteiger partial charge in [0.05, 0.1) is 17.6 Å². The van der Waals surface area contributed by atoms with Crippen molar-refractivity contribution in [3.63, 3.8) is 0 Å². The van der Waals surface area contributed by atoms with Crippen molar-refractivity contribution in [2.45, 2.75) is 25.4 Å². The van der Waals surface area contributed by atoms with E-state index in [0.717, 1.165) is 17.5 Å². The summed E-state index contributed by atoms with van der Waals surface area (Å²) in [7, 11) is 0. The van der Waals surface area contributed by atoms with Crippen molar-refractivity contribution in [1.82, 2.24) is 15.1 Å². The van der Waals surface area contributed by atoms with Gasteiger partial charge in [-0.3, -0.25) is 19.6 Å². The predicted octanol–water partition coefficient (Wildman–Crippen LogP) is 1.99. The lowest BCUT2D eigenvalue weighted by molar-refractivity contribution is -0.385. The molecule has 3 rings (SSSR count). The summed E-state index contributed by atoms with van der Waals surface area (Å²) in [6.07, 6.45) is 3.06. The molecular formula is C15H16N4O4. The van der Waals surface area contributed by atoms with Crippen LogP contribution in [-0.2, 0) is 4.79 Å². The third-order valence-electron chi connectivity index (χ3n) is 3.85. The lowest BCUT2D eigenvalue weighted by atomic mass is 10.0. The Kier molecular flexibility index (Phi) is 3.96. The van der Waals surface area contributed by atoms with Gasteiger partial charge in [-0.2, -0.15) is 5.10 Å². The number of amides is 1. The first-order valence-corrected chi connectivity index (χ1v) is 7.27. The van der Waals surface area contributed by atoms with Gasteiger partial charge in [0.15, 0.2) is 0 Å². The zero-order chi connectivity index (χ0) is 16.4. The maximum absolute atomic E-state index is 12.4. The molecule has 1 aromatic carbocycles. The molecule has 0 radical (unpaired) electrons.